The van der Waals surface area contributed by atoms with Crippen molar-refractivity contribution in [2.24, 2.45) is 5.73 Å². The number of aliphatic hydroxyl groups is 1. The lowest BCUT2D eigenvalue weighted by Gasteiger charge is -2.25. The molecule has 0 amide bonds. The van der Waals surface area contributed by atoms with Gasteiger partial charge < -0.3 is 10.8 Å². The van der Waals surface area contributed by atoms with E-state index in [-0.39, 0.29) is 6.61 Å². The second kappa shape index (κ2) is 7.96. The van der Waals surface area contributed by atoms with Crippen LogP contribution in [0.4, 0.5) is 13.2 Å². The summed E-state index contributed by atoms with van der Waals surface area (Å²) >= 11 is 0. The van der Waals surface area contributed by atoms with Gasteiger partial charge in [-0.15, -0.1) is 0 Å². The van der Waals surface area contributed by atoms with Crippen molar-refractivity contribution >= 4 is 0 Å². The first-order chi connectivity index (χ1) is 8.20. The number of nitrogens with zero attached hydrogens (tertiary/aromatic N) is 1. The fraction of sp³-hybridized carbons (Fsp3) is 1.00. The normalized spacial score (nSPS) is 16.0. The van der Waals surface area contributed by atoms with Crippen molar-refractivity contribution in [3.8, 4) is 0 Å². The molecule has 0 radical (unpaired) electrons. The van der Waals surface area contributed by atoms with Crippen LogP contribution in [-0.4, -0.2) is 48.0 Å². The van der Waals surface area contributed by atoms with Gasteiger partial charge in [-0.1, -0.05) is 13.3 Å². The van der Waals surface area contributed by atoms with Crippen LogP contribution in [0.2, 0.25) is 0 Å². The van der Waals surface area contributed by atoms with Gasteiger partial charge in [-0.2, -0.15) is 13.2 Å². The Morgan fingerprint density at radius 2 is 1.78 bits per heavy atom. The van der Waals surface area contributed by atoms with Crippen LogP contribution < -0.4 is 5.73 Å². The standard InChI is InChI=1S/C12H25F3N2O/c1-3-7-17(9-12(13,14)15)8-5-4-6-11(2,16)10-18/h18H,3-10,16H2,1-2H3. The van der Waals surface area contributed by atoms with Crippen LogP contribution in [0.1, 0.15) is 39.5 Å². The number of unbranched alkanes of at least 4 members (excludes halogenated alkanes) is 1. The second-order valence-corrected chi connectivity index (χ2v) is 5.16. The highest BCUT2D eigenvalue weighted by Gasteiger charge is 2.30. The molecule has 0 aromatic carbocycles. The Labute approximate surface area is 107 Å². The zero-order valence-corrected chi connectivity index (χ0v) is 11.3. The van der Waals surface area contributed by atoms with Crippen LogP contribution >= 0.6 is 0 Å². The Balaban J connectivity index is 3.91. The molecule has 1 unspecified atom stereocenters. The average Bonchev–Trinajstić information content (AvgIpc) is 2.22. The zero-order chi connectivity index (χ0) is 14.2. The van der Waals surface area contributed by atoms with E-state index in [0.29, 0.717) is 32.4 Å². The first-order valence-electron chi connectivity index (χ1n) is 6.39. The summed E-state index contributed by atoms with van der Waals surface area (Å²) in [6, 6.07) is 0. The Morgan fingerprint density at radius 1 is 1.17 bits per heavy atom. The van der Waals surface area contributed by atoms with Crippen molar-refractivity contribution < 1.29 is 18.3 Å². The molecule has 0 aliphatic heterocycles. The highest BCUT2D eigenvalue weighted by atomic mass is 19.4. The minimum atomic E-state index is -4.14. The maximum atomic E-state index is 12.3. The molecule has 0 aliphatic carbocycles. The van der Waals surface area contributed by atoms with Crippen LogP contribution in [0.25, 0.3) is 0 Å². The molecule has 0 aromatic heterocycles. The van der Waals surface area contributed by atoms with Crippen molar-refractivity contribution in [1.29, 1.82) is 0 Å². The predicted octanol–water partition coefficient (Wildman–Crippen LogP) is 2.14. The summed E-state index contributed by atoms with van der Waals surface area (Å²) in [5, 5.41) is 8.96. The molecule has 3 N–H and O–H groups in total. The van der Waals surface area contributed by atoms with Gasteiger partial charge >= 0.3 is 6.18 Å². The Kier molecular flexibility index (Phi) is 7.82. The first-order valence-corrected chi connectivity index (χ1v) is 6.39. The summed E-state index contributed by atoms with van der Waals surface area (Å²) < 4.78 is 36.9. The van der Waals surface area contributed by atoms with Crippen LogP contribution in [0, 0.1) is 0 Å². The molecule has 0 saturated carbocycles. The van der Waals surface area contributed by atoms with Crippen LogP contribution in [0.5, 0.6) is 0 Å². The zero-order valence-electron chi connectivity index (χ0n) is 11.3. The quantitative estimate of drug-likeness (QED) is 0.631. The summed E-state index contributed by atoms with van der Waals surface area (Å²) in [5.74, 6) is 0. The summed E-state index contributed by atoms with van der Waals surface area (Å²) in [7, 11) is 0. The fourth-order valence-corrected chi connectivity index (χ4v) is 1.78. The molecule has 0 fully saturated rings. The van der Waals surface area contributed by atoms with Gasteiger partial charge in [0.25, 0.3) is 0 Å². The van der Waals surface area contributed by atoms with Crippen LogP contribution in [-0.2, 0) is 0 Å². The van der Waals surface area contributed by atoms with Gasteiger partial charge in [0, 0.05) is 5.54 Å². The number of halogens is 3. The number of hydrogen-bond donors (Lipinski definition) is 2. The molecule has 0 heterocycles. The third-order valence-corrected chi connectivity index (χ3v) is 2.78. The Bertz CT molecular complexity index is 220. The van der Waals surface area contributed by atoms with Gasteiger partial charge in [0.2, 0.25) is 0 Å². The number of rotatable bonds is 9. The van der Waals surface area contributed by atoms with E-state index in [2.05, 4.69) is 0 Å². The topological polar surface area (TPSA) is 49.5 Å². The van der Waals surface area contributed by atoms with Gasteiger partial charge in [-0.05, 0) is 39.3 Å². The van der Waals surface area contributed by atoms with E-state index in [1.807, 2.05) is 6.92 Å². The Morgan fingerprint density at radius 3 is 2.22 bits per heavy atom. The molecule has 0 bridgehead atoms. The fourth-order valence-electron chi connectivity index (χ4n) is 1.78. The molecule has 110 valence electrons. The summed E-state index contributed by atoms with van der Waals surface area (Å²) in [6.07, 6.45) is -1.41. The molecular formula is C12H25F3N2O. The van der Waals surface area contributed by atoms with E-state index in [4.69, 9.17) is 10.8 Å². The van der Waals surface area contributed by atoms with Gasteiger partial charge in [0.15, 0.2) is 0 Å². The van der Waals surface area contributed by atoms with E-state index >= 15 is 0 Å². The third-order valence-electron chi connectivity index (χ3n) is 2.78. The lowest BCUT2D eigenvalue weighted by molar-refractivity contribution is -0.146. The van der Waals surface area contributed by atoms with Crippen LogP contribution in [0.3, 0.4) is 0 Å². The molecule has 3 nitrogen and oxygen atoms in total. The van der Waals surface area contributed by atoms with E-state index in [1.165, 1.54) is 4.90 Å². The molecule has 0 aromatic rings. The van der Waals surface area contributed by atoms with E-state index < -0.39 is 18.3 Å². The van der Waals surface area contributed by atoms with E-state index in [9.17, 15) is 13.2 Å². The number of hydrogen-bond acceptors (Lipinski definition) is 3. The van der Waals surface area contributed by atoms with Crippen molar-refractivity contribution in [1.82, 2.24) is 4.90 Å². The molecule has 6 heteroatoms. The minimum Gasteiger partial charge on any atom is -0.394 e. The van der Waals surface area contributed by atoms with Crippen molar-refractivity contribution in [3.05, 3.63) is 0 Å². The van der Waals surface area contributed by atoms with Crippen molar-refractivity contribution in [2.75, 3.05) is 26.2 Å². The molecule has 18 heavy (non-hydrogen) atoms. The molecule has 1 atom stereocenters. The van der Waals surface area contributed by atoms with Gasteiger partial charge in [0.1, 0.15) is 0 Å². The monoisotopic (exact) mass is 270 g/mol. The highest BCUT2D eigenvalue weighted by Crippen LogP contribution is 2.17. The maximum absolute atomic E-state index is 12.3. The van der Waals surface area contributed by atoms with E-state index in [0.717, 1.165) is 6.42 Å². The molecule has 0 aliphatic rings. The molecular weight excluding hydrogens is 245 g/mol. The lowest BCUT2D eigenvalue weighted by atomic mass is 9.97. The lowest BCUT2D eigenvalue weighted by Crippen LogP contribution is -2.40. The first kappa shape index (κ1) is 17.7. The van der Waals surface area contributed by atoms with Crippen molar-refractivity contribution in [3.63, 3.8) is 0 Å². The van der Waals surface area contributed by atoms with Gasteiger partial charge in [0.05, 0.1) is 13.2 Å². The van der Waals surface area contributed by atoms with Gasteiger partial charge in [-0.3, -0.25) is 4.90 Å². The molecule has 0 saturated heterocycles. The average molecular weight is 270 g/mol. The third kappa shape index (κ3) is 9.67. The SMILES string of the molecule is CCCN(CCCCC(C)(N)CO)CC(F)(F)F. The predicted molar refractivity (Wildman–Crippen MR) is 66.3 cm³/mol. The number of nitrogens with two attached hydrogens (primary N) is 1. The summed E-state index contributed by atoms with van der Waals surface area (Å²) in [4.78, 5) is 1.42. The maximum Gasteiger partial charge on any atom is 0.401 e. The smallest absolute Gasteiger partial charge is 0.394 e. The second-order valence-electron chi connectivity index (χ2n) is 5.16. The van der Waals surface area contributed by atoms with E-state index in [1.54, 1.807) is 6.92 Å². The number of alkyl halides is 3. The largest absolute Gasteiger partial charge is 0.401 e. The van der Waals surface area contributed by atoms with Crippen molar-refractivity contribution in [2.45, 2.75) is 51.2 Å². The highest BCUT2D eigenvalue weighted by molar-refractivity contribution is 4.77. The van der Waals surface area contributed by atoms with Gasteiger partial charge in [-0.25, -0.2) is 0 Å². The molecule has 0 rings (SSSR count). The summed E-state index contributed by atoms with van der Waals surface area (Å²) in [5.41, 5.74) is 5.12. The number of aliphatic hydroxyl groups excluding tert-OH is 1. The summed E-state index contributed by atoms with van der Waals surface area (Å²) in [6.45, 7) is 3.54. The molecule has 0 spiro atoms. The minimum absolute atomic E-state index is 0.103. The Hall–Kier alpha value is -0.330. The van der Waals surface area contributed by atoms with Crippen LogP contribution in [0.15, 0.2) is 0 Å².